The summed E-state index contributed by atoms with van der Waals surface area (Å²) in [6.07, 6.45) is 0.0494. The van der Waals surface area contributed by atoms with Gasteiger partial charge in [-0.3, -0.25) is 4.79 Å². The molecule has 0 saturated carbocycles. The number of hydrogen-bond donors (Lipinski definition) is 0. The summed E-state index contributed by atoms with van der Waals surface area (Å²) >= 11 is 11.8. The summed E-state index contributed by atoms with van der Waals surface area (Å²) in [4.78, 5) is 12.5. The maximum atomic E-state index is 12.5. The van der Waals surface area contributed by atoms with Gasteiger partial charge in [0.15, 0.2) is 5.78 Å². The highest BCUT2D eigenvalue weighted by Crippen LogP contribution is 2.31. The van der Waals surface area contributed by atoms with Gasteiger partial charge in [-0.2, -0.15) is 10.5 Å². The van der Waals surface area contributed by atoms with Crippen LogP contribution in [0.3, 0.4) is 0 Å². The van der Waals surface area contributed by atoms with E-state index >= 15 is 0 Å². The van der Waals surface area contributed by atoms with Crippen LogP contribution in [0.1, 0.15) is 28.3 Å². The third kappa shape index (κ3) is 4.33. The Morgan fingerprint density at radius 1 is 1.00 bits per heavy atom. The zero-order valence-electron chi connectivity index (χ0n) is 12.0. The van der Waals surface area contributed by atoms with E-state index < -0.39 is 11.8 Å². The fraction of sp³-hybridized carbons (Fsp3) is 0.167. The first-order chi connectivity index (χ1) is 11.0. The minimum atomic E-state index is -0.926. The predicted molar refractivity (Wildman–Crippen MR) is 89.3 cm³/mol. The van der Waals surface area contributed by atoms with E-state index in [9.17, 15) is 15.3 Å². The smallest absolute Gasteiger partial charge is 0.163 e. The Balaban J connectivity index is 2.32. The molecule has 0 unspecified atom stereocenters. The van der Waals surface area contributed by atoms with Crippen LogP contribution in [-0.4, -0.2) is 5.78 Å². The number of halogens is 2. The molecule has 2 aromatic carbocycles. The summed E-state index contributed by atoms with van der Waals surface area (Å²) in [5.74, 6) is -1.61. The highest BCUT2D eigenvalue weighted by atomic mass is 35.5. The molecule has 23 heavy (non-hydrogen) atoms. The van der Waals surface area contributed by atoms with Crippen LogP contribution in [0.15, 0.2) is 48.5 Å². The van der Waals surface area contributed by atoms with E-state index in [2.05, 4.69) is 0 Å². The molecule has 0 radical (unpaired) electrons. The van der Waals surface area contributed by atoms with Crippen molar-refractivity contribution >= 4 is 29.0 Å². The van der Waals surface area contributed by atoms with Crippen molar-refractivity contribution in [1.82, 2.24) is 0 Å². The molecule has 0 spiro atoms. The number of Topliss-reactive ketones (excluding diaryl/α,β-unsaturated/α-hetero) is 1. The number of carbonyl (C=O) groups is 1. The van der Waals surface area contributed by atoms with E-state index in [-0.39, 0.29) is 12.2 Å². The van der Waals surface area contributed by atoms with Crippen molar-refractivity contribution in [2.45, 2.75) is 12.3 Å². The Labute approximate surface area is 144 Å². The molecule has 1 atom stereocenters. The number of ketones is 1. The maximum absolute atomic E-state index is 12.5. The SMILES string of the molecule is N#CC(C#N)[C@@H](CC(=O)c1ccc(Cl)cc1)c1cccc(Cl)c1. The van der Waals surface area contributed by atoms with Gasteiger partial charge in [0.2, 0.25) is 0 Å². The highest BCUT2D eigenvalue weighted by Gasteiger charge is 2.26. The number of hydrogen-bond acceptors (Lipinski definition) is 3. The lowest BCUT2D eigenvalue weighted by Crippen LogP contribution is -2.15. The number of carbonyl (C=O) groups excluding carboxylic acids is 1. The molecule has 0 aliphatic heterocycles. The van der Waals surface area contributed by atoms with Gasteiger partial charge < -0.3 is 0 Å². The van der Waals surface area contributed by atoms with Crippen molar-refractivity contribution in [2.24, 2.45) is 5.92 Å². The summed E-state index contributed by atoms with van der Waals surface area (Å²) in [6.45, 7) is 0. The van der Waals surface area contributed by atoms with Crippen molar-refractivity contribution in [1.29, 1.82) is 10.5 Å². The topological polar surface area (TPSA) is 64.7 Å². The molecule has 0 aliphatic rings. The fourth-order valence-electron chi connectivity index (χ4n) is 2.33. The number of nitriles is 2. The summed E-state index contributed by atoms with van der Waals surface area (Å²) in [5.41, 5.74) is 1.20. The molecule has 0 fully saturated rings. The molecule has 3 nitrogen and oxygen atoms in total. The maximum Gasteiger partial charge on any atom is 0.163 e. The molecular weight excluding hydrogens is 331 g/mol. The van der Waals surface area contributed by atoms with Gasteiger partial charge in [0.1, 0.15) is 5.92 Å². The largest absolute Gasteiger partial charge is 0.294 e. The van der Waals surface area contributed by atoms with Crippen LogP contribution < -0.4 is 0 Å². The molecule has 0 N–H and O–H groups in total. The first kappa shape index (κ1) is 17.0. The molecule has 0 aliphatic carbocycles. The Hall–Kier alpha value is -2.33. The van der Waals surface area contributed by atoms with Crippen molar-refractivity contribution in [2.75, 3.05) is 0 Å². The molecule has 5 heteroatoms. The number of benzene rings is 2. The molecular formula is C18H12Cl2N2O. The quantitative estimate of drug-likeness (QED) is 0.717. The molecule has 0 heterocycles. The Kier molecular flexibility index (Phi) is 5.77. The van der Waals surface area contributed by atoms with E-state index in [0.717, 1.165) is 0 Å². The lowest BCUT2D eigenvalue weighted by molar-refractivity contribution is 0.0971. The third-order valence-electron chi connectivity index (χ3n) is 3.53. The number of rotatable bonds is 5. The van der Waals surface area contributed by atoms with Crippen molar-refractivity contribution in [3.63, 3.8) is 0 Å². The first-order valence-electron chi connectivity index (χ1n) is 6.88. The van der Waals surface area contributed by atoms with E-state index in [1.165, 1.54) is 0 Å². The van der Waals surface area contributed by atoms with Gasteiger partial charge in [0, 0.05) is 27.9 Å². The second kappa shape index (κ2) is 7.79. The van der Waals surface area contributed by atoms with Gasteiger partial charge in [0.25, 0.3) is 0 Å². The summed E-state index contributed by atoms with van der Waals surface area (Å²) in [7, 11) is 0. The highest BCUT2D eigenvalue weighted by molar-refractivity contribution is 6.31. The Morgan fingerprint density at radius 3 is 2.22 bits per heavy atom. The van der Waals surface area contributed by atoms with Crippen molar-refractivity contribution < 1.29 is 4.79 Å². The van der Waals surface area contributed by atoms with Gasteiger partial charge in [-0.1, -0.05) is 35.3 Å². The Morgan fingerprint density at radius 2 is 1.65 bits per heavy atom. The van der Waals surface area contributed by atoms with Crippen molar-refractivity contribution in [3.8, 4) is 12.1 Å². The lowest BCUT2D eigenvalue weighted by atomic mass is 9.83. The van der Waals surface area contributed by atoms with Gasteiger partial charge in [-0.05, 0) is 42.0 Å². The van der Waals surface area contributed by atoms with E-state index in [1.54, 1.807) is 48.5 Å². The van der Waals surface area contributed by atoms with Crippen LogP contribution in [0, 0.1) is 28.6 Å². The molecule has 0 amide bonds. The molecule has 114 valence electrons. The van der Waals surface area contributed by atoms with Gasteiger partial charge in [-0.15, -0.1) is 0 Å². The fourth-order valence-corrected chi connectivity index (χ4v) is 2.65. The van der Waals surface area contributed by atoms with Gasteiger partial charge in [-0.25, -0.2) is 0 Å². The van der Waals surface area contributed by atoms with E-state index in [4.69, 9.17) is 23.2 Å². The zero-order valence-corrected chi connectivity index (χ0v) is 13.6. The molecule has 0 aromatic heterocycles. The van der Waals surface area contributed by atoms with Crippen LogP contribution in [0.4, 0.5) is 0 Å². The average Bonchev–Trinajstić information content (AvgIpc) is 2.55. The van der Waals surface area contributed by atoms with Gasteiger partial charge >= 0.3 is 0 Å². The normalized spacial score (nSPS) is 11.5. The molecule has 2 rings (SSSR count). The van der Waals surface area contributed by atoms with Crippen LogP contribution >= 0.6 is 23.2 Å². The summed E-state index contributed by atoms with van der Waals surface area (Å²) < 4.78 is 0. The number of nitrogens with zero attached hydrogens (tertiary/aromatic N) is 2. The second-order valence-electron chi connectivity index (χ2n) is 5.03. The molecule has 0 bridgehead atoms. The minimum absolute atomic E-state index is 0.0494. The first-order valence-corrected chi connectivity index (χ1v) is 7.64. The van der Waals surface area contributed by atoms with Crippen LogP contribution in [0.5, 0.6) is 0 Å². The van der Waals surface area contributed by atoms with E-state index in [1.807, 2.05) is 12.1 Å². The molecule has 2 aromatic rings. The zero-order chi connectivity index (χ0) is 16.8. The lowest BCUT2D eigenvalue weighted by Gasteiger charge is -2.17. The standard InChI is InChI=1S/C18H12Cl2N2O/c19-15-6-4-12(5-7-15)18(23)9-17(14(10-21)11-22)13-2-1-3-16(20)8-13/h1-8,14,17H,9H2/t17-/m0/s1. The second-order valence-corrected chi connectivity index (χ2v) is 5.90. The van der Waals surface area contributed by atoms with Crippen molar-refractivity contribution in [3.05, 3.63) is 69.7 Å². The third-order valence-corrected chi connectivity index (χ3v) is 4.02. The van der Waals surface area contributed by atoms with Crippen LogP contribution in [0.2, 0.25) is 10.0 Å². The van der Waals surface area contributed by atoms with Gasteiger partial charge in [0.05, 0.1) is 12.1 Å². The monoisotopic (exact) mass is 342 g/mol. The minimum Gasteiger partial charge on any atom is -0.294 e. The van der Waals surface area contributed by atoms with E-state index in [0.29, 0.717) is 21.2 Å². The summed E-state index contributed by atoms with van der Waals surface area (Å²) in [5, 5.41) is 19.5. The van der Waals surface area contributed by atoms with Crippen LogP contribution in [0.25, 0.3) is 0 Å². The molecule has 0 saturated heterocycles. The predicted octanol–water partition coefficient (Wildman–Crippen LogP) is 5.01. The average molecular weight is 343 g/mol. The van der Waals surface area contributed by atoms with Crippen LogP contribution in [-0.2, 0) is 0 Å². The summed E-state index contributed by atoms with van der Waals surface area (Å²) in [6, 6.07) is 17.3. The Bertz CT molecular complexity index is 774.